The molecule has 0 heterocycles. The molecule has 0 amide bonds. The number of carbonyl (C=O) groups is 1. The van der Waals surface area contributed by atoms with E-state index in [0.29, 0.717) is 16.7 Å². The number of ketones is 1. The Hall–Kier alpha value is -1.61. The van der Waals surface area contributed by atoms with Crippen LogP contribution in [0, 0.1) is 12.7 Å². The monoisotopic (exact) mass is 260 g/mol. The third-order valence-electron chi connectivity index (χ3n) is 2.79. The van der Waals surface area contributed by atoms with Crippen LogP contribution < -0.4 is 0 Å². The average Bonchev–Trinajstić information content (AvgIpc) is 2.38. The van der Waals surface area contributed by atoms with Crippen LogP contribution in [0.5, 0.6) is 0 Å². The van der Waals surface area contributed by atoms with E-state index in [4.69, 9.17) is 0 Å². The summed E-state index contributed by atoms with van der Waals surface area (Å²) >= 11 is 1.63. The molecular weight excluding hydrogens is 247 g/mol. The van der Waals surface area contributed by atoms with Crippen LogP contribution in [-0.4, -0.2) is 12.0 Å². The molecule has 0 N–H and O–H groups in total. The van der Waals surface area contributed by atoms with Gasteiger partial charge in [0.15, 0.2) is 5.78 Å². The minimum Gasteiger partial charge on any atom is -0.289 e. The van der Waals surface area contributed by atoms with Crippen molar-refractivity contribution in [1.29, 1.82) is 0 Å². The summed E-state index contributed by atoms with van der Waals surface area (Å²) in [6, 6.07) is 11.7. The molecule has 0 saturated heterocycles. The zero-order chi connectivity index (χ0) is 13.1. The highest BCUT2D eigenvalue weighted by Gasteiger charge is 2.11. The molecule has 0 atom stereocenters. The summed E-state index contributed by atoms with van der Waals surface area (Å²) in [6.45, 7) is 1.74. The summed E-state index contributed by atoms with van der Waals surface area (Å²) in [7, 11) is 0. The molecule has 2 rings (SSSR count). The van der Waals surface area contributed by atoms with Gasteiger partial charge < -0.3 is 0 Å². The smallest absolute Gasteiger partial charge is 0.193 e. The summed E-state index contributed by atoms with van der Waals surface area (Å²) < 4.78 is 13.0. The summed E-state index contributed by atoms with van der Waals surface area (Å²) in [5.41, 5.74) is 1.84. The normalized spacial score (nSPS) is 10.4. The number of rotatable bonds is 3. The summed E-state index contributed by atoms with van der Waals surface area (Å²) in [5, 5.41) is 0. The van der Waals surface area contributed by atoms with Gasteiger partial charge in [-0.25, -0.2) is 4.39 Å². The Morgan fingerprint density at radius 1 is 1.11 bits per heavy atom. The first-order valence-electron chi connectivity index (χ1n) is 5.56. The molecule has 1 nitrogen and oxygen atoms in total. The maximum absolute atomic E-state index is 13.0. The first-order chi connectivity index (χ1) is 8.61. The second-order valence-corrected chi connectivity index (χ2v) is 4.90. The van der Waals surface area contributed by atoms with Gasteiger partial charge in [0.2, 0.25) is 0 Å². The van der Waals surface area contributed by atoms with Crippen molar-refractivity contribution in [2.24, 2.45) is 0 Å². The van der Waals surface area contributed by atoms with Crippen LogP contribution in [0.25, 0.3) is 0 Å². The molecule has 0 bridgehead atoms. The number of halogens is 1. The quantitative estimate of drug-likeness (QED) is 0.611. The van der Waals surface area contributed by atoms with Gasteiger partial charge in [-0.2, -0.15) is 0 Å². The van der Waals surface area contributed by atoms with Gasteiger partial charge in [-0.15, -0.1) is 11.8 Å². The van der Waals surface area contributed by atoms with Gasteiger partial charge in [0, 0.05) is 16.0 Å². The van der Waals surface area contributed by atoms with Crippen LogP contribution in [0.15, 0.2) is 47.4 Å². The van der Waals surface area contributed by atoms with E-state index < -0.39 is 0 Å². The van der Waals surface area contributed by atoms with E-state index in [1.54, 1.807) is 30.8 Å². The van der Waals surface area contributed by atoms with Gasteiger partial charge in [0.25, 0.3) is 0 Å². The maximum Gasteiger partial charge on any atom is 0.193 e. The maximum atomic E-state index is 13.0. The van der Waals surface area contributed by atoms with Gasteiger partial charge in [-0.1, -0.05) is 0 Å². The fourth-order valence-corrected chi connectivity index (χ4v) is 2.19. The van der Waals surface area contributed by atoms with Crippen molar-refractivity contribution in [2.45, 2.75) is 11.8 Å². The van der Waals surface area contributed by atoms with Crippen molar-refractivity contribution < 1.29 is 9.18 Å². The van der Waals surface area contributed by atoms with Crippen molar-refractivity contribution in [1.82, 2.24) is 0 Å². The molecule has 0 fully saturated rings. The molecule has 0 radical (unpaired) electrons. The molecule has 0 aliphatic rings. The predicted molar refractivity (Wildman–Crippen MR) is 72.8 cm³/mol. The van der Waals surface area contributed by atoms with Crippen molar-refractivity contribution >= 4 is 17.5 Å². The number of carbonyl (C=O) groups excluding carboxylic acids is 1. The molecule has 3 heteroatoms. The first kappa shape index (κ1) is 12.8. The van der Waals surface area contributed by atoms with Crippen LogP contribution >= 0.6 is 11.8 Å². The van der Waals surface area contributed by atoms with E-state index in [2.05, 4.69) is 0 Å². The highest BCUT2D eigenvalue weighted by Crippen LogP contribution is 2.19. The molecule has 0 spiro atoms. The SMILES string of the molecule is CSc1ccc(C(=O)c2ccc(F)cc2C)cc1. The lowest BCUT2D eigenvalue weighted by atomic mass is 9.99. The number of hydrogen-bond donors (Lipinski definition) is 0. The summed E-state index contributed by atoms with van der Waals surface area (Å²) in [5.74, 6) is -0.387. The van der Waals surface area contributed by atoms with Crippen LogP contribution in [0.3, 0.4) is 0 Å². The van der Waals surface area contributed by atoms with Crippen LogP contribution in [0.2, 0.25) is 0 Å². The van der Waals surface area contributed by atoms with Crippen LogP contribution in [-0.2, 0) is 0 Å². The first-order valence-corrected chi connectivity index (χ1v) is 6.79. The topological polar surface area (TPSA) is 17.1 Å². The third kappa shape index (κ3) is 2.62. The van der Waals surface area contributed by atoms with Gasteiger partial charge in [0.05, 0.1) is 0 Å². The summed E-state index contributed by atoms with van der Waals surface area (Å²) in [4.78, 5) is 13.4. The Bertz CT molecular complexity index is 576. The molecule has 0 saturated carbocycles. The van der Waals surface area contributed by atoms with E-state index in [1.165, 1.54) is 18.2 Å². The Balaban J connectivity index is 2.35. The van der Waals surface area contributed by atoms with Gasteiger partial charge in [-0.3, -0.25) is 4.79 Å². The number of benzene rings is 2. The second-order valence-electron chi connectivity index (χ2n) is 4.02. The molecule has 0 aliphatic carbocycles. The lowest BCUT2D eigenvalue weighted by Crippen LogP contribution is -2.03. The second kappa shape index (κ2) is 5.36. The number of hydrogen-bond acceptors (Lipinski definition) is 2. The minimum atomic E-state index is -0.318. The molecule has 0 aromatic heterocycles. The van der Waals surface area contributed by atoms with E-state index in [0.717, 1.165) is 4.90 Å². The summed E-state index contributed by atoms with van der Waals surface area (Å²) in [6.07, 6.45) is 1.99. The zero-order valence-corrected chi connectivity index (χ0v) is 11.1. The molecule has 2 aromatic rings. The molecular formula is C15H13FOS. The molecule has 2 aromatic carbocycles. The van der Waals surface area contributed by atoms with Gasteiger partial charge in [-0.05, 0) is 61.2 Å². The predicted octanol–water partition coefficient (Wildman–Crippen LogP) is 4.09. The Morgan fingerprint density at radius 2 is 1.78 bits per heavy atom. The van der Waals surface area contributed by atoms with Gasteiger partial charge >= 0.3 is 0 Å². The standard InChI is InChI=1S/C15H13FOS/c1-10-9-12(16)5-8-14(10)15(17)11-3-6-13(18-2)7-4-11/h3-9H,1-2H3. The zero-order valence-electron chi connectivity index (χ0n) is 10.2. The molecule has 0 aliphatic heterocycles. The molecule has 18 heavy (non-hydrogen) atoms. The Labute approximate surface area is 110 Å². The molecule has 92 valence electrons. The van der Waals surface area contributed by atoms with Crippen molar-refractivity contribution in [3.8, 4) is 0 Å². The fraction of sp³-hybridized carbons (Fsp3) is 0.133. The highest BCUT2D eigenvalue weighted by atomic mass is 32.2. The van der Waals surface area contributed by atoms with Crippen molar-refractivity contribution in [3.63, 3.8) is 0 Å². The van der Waals surface area contributed by atoms with Gasteiger partial charge in [0.1, 0.15) is 5.82 Å². The van der Waals surface area contributed by atoms with E-state index in [-0.39, 0.29) is 11.6 Å². The number of aryl methyl sites for hydroxylation is 1. The van der Waals surface area contributed by atoms with Crippen molar-refractivity contribution in [3.05, 3.63) is 65.0 Å². The minimum absolute atomic E-state index is 0.0693. The highest BCUT2D eigenvalue weighted by molar-refractivity contribution is 7.98. The van der Waals surface area contributed by atoms with E-state index in [1.807, 2.05) is 18.4 Å². The van der Waals surface area contributed by atoms with E-state index in [9.17, 15) is 9.18 Å². The molecule has 0 unspecified atom stereocenters. The van der Waals surface area contributed by atoms with Crippen molar-refractivity contribution in [2.75, 3.05) is 6.26 Å². The third-order valence-corrected chi connectivity index (χ3v) is 3.53. The van der Waals surface area contributed by atoms with Crippen LogP contribution in [0.4, 0.5) is 4.39 Å². The van der Waals surface area contributed by atoms with E-state index >= 15 is 0 Å². The Kier molecular flexibility index (Phi) is 3.82. The lowest BCUT2D eigenvalue weighted by Gasteiger charge is -2.05. The Morgan fingerprint density at radius 3 is 2.33 bits per heavy atom. The fourth-order valence-electron chi connectivity index (χ4n) is 1.78. The van der Waals surface area contributed by atoms with Crippen LogP contribution in [0.1, 0.15) is 21.5 Å². The number of thioether (sulfide) groups is 1. The lowest BCUT2D eigenvalue weighted by molar-refractivity contribution is 0.103. The average molecular weight is 260 g/mol. The largest absolute Gasteiger partial charge is 0.289 e.